The number of alkyl halides is 4. The molecule has 5 aromatic rings. The van der Waals surface area contributed by atoms with Crippen LogP contribution in [-0.2, 0) is 12.2 Å². The van der Waals surface area contributed by atoms with Crippen LogP contribution >= 0.6 is 0 Å². The van der Waals surface area contributed by atoms with Gasteiger partial charge in [0.1, 0.15) is 23.1 Å². The van der Waals surface area contributed by atoms with E-state index in [0.717, 1.165) is 17.7 Å². The van der Waals surface area contributed by atoms with E-state index in [-0.39, 0.29) is 34.6 Å². The van der Waals surface area contributed by atoms with Gasteiger partial charge in [-0.05, 0) is 66.1 Å². The molecule has 0 aliphatic heterocycles. The Morgan fingerprint density at radius 3 is 1.61 bits per heavy atom. The molecule has 0 fully saturated rings. The summed E-state index contributed by atoms with van der Waals surface area (Å²) < 4.78 is 137. The maximum absolute atomic E-state index is 15.1. The van der Waals surface area contributed by atoms with Gasteiger partial charge in [-0.15, -0.1) is 0 Å². The number of ether oxygens (including phenoxy) is 2. The summed E-state index contributed by atoms with van der Waals surface area (Å²) in [5.41, 5.74) is -0.340. The SMILES string of the molecule is Cc1ccc(C(F)(F)Oc2ccc(-c3ccc(-c4ccc(C(F)(F)Oc5cc(F)c(F)c(F)c5)c(F)c4)c(F)c3)cc2)cc1. The van der Waals surface area contributed by atoms with Crippen LogP contribution in [0.5, 0.6) is 11.5 Å². The first-order valence-electron chi connectivity index (χ1n) is 12.8. The molecule has 44 heavy (non-hydrogen) atoms. The van der Waals surface area contributed by atoms with Crippen molar-refractivity contribution in [2.45, 2.75) is 19.1 Å². The molecule has 0 aromatic heterocycles. The molecule has 5 aromatic carbocycles. The van der Waals surface area contributed by atoms with Gasteiger partial charge in [-0.3, -0.25) is 0 Å². The van der Waals surface area contributed by atoms with E-state index in [4.69, 9.17) is 4.74 Å². The van der Waals surface area contributed by atoms with Crippen LogP contribution in [0.4, 0.5) is 39.5 Å². The highest BCUT2D eigenvalue weighted by Crippen LogP contribution is 2.37. The zero-order valence-electron chi connectivity index (χ0n) is 22.5. The highest BCUT2D eigenvalue weighted by Gasteiger charge is 2.38. The van der Waals surface area contributed by atoms with Crippen molar-refractivity contribution in [3.8, 4) is 33.8 Å². The molecule has 0 saturated heterocycles. The van der Waals surface area contributed by atoms with Crippen LogP contribution in [0, 0.1) is 36.0 Å². The molecule has 0 aliphatic carbocycles. The van der Waals surface area contributed by atoms with Crippen molar-refractivity contribution in [2.24, 2.45) is 0 Å². The van der Waals surface area contributed by atoms with E-state index in [0.29, 0.717) is 23.3 Å². The van der Waals surface area contributed by atoms with Crippen molar-refractivity contribution in [1.82, 2.24) is 0 Å². The van der Waals surface area contributed by atoms with Gasteiger partial charge in [0.2, 0.25) is 0 Å². The van der Waals surface area contributed by atoms with Crippen molar-refractivity contribution in [3.05, 3.63) is 143 Å². The number of hydrogen-bond acceptors (Lipinski definition) is 2. The van der Waals surface area contributed by atoms with Gasteiger partial charge in [-0.1, -0.05) is 48.0 Å². The third-order valence-corrected chi connectivity index (χ3v) is 6.59. The minimum atomic E-state index is -4.43. The summed E-state index contributed by atoms with van der Waals surface area (Å²) in [6.07, 6.45) is -8.03. The van der Waals surface area contributed by atoms with Crippen LogP contribution in [0.2, 0.25) is 0 Å². The molecule has 0 saturated carbocycles. The van der Waals surface area contributed by atoms with E-state index in [1.807, 2.05) is 0 Å². The summed E-state index contributed by atoms with van der Waals surface area (Å²) in [7, 11) is 0. The Morgan fingerprint density at radius 2 is 1.02 bits per heavy atom. The fraction of sp³-hybridized carbons (Fsp3) is 0.0909. The Hall–Kier alpha value is -4.93. The molecule has 5 rings (SSSR count). The lowest BCUT2D eigenvalue weighted by Gasteiger charge is -2.19. The highest BCUT2D eigenvalue weighted by molar-refractivity contribution is 5.71. The second-order valence-electron chi connectivity index (χ2n) is 9.72. The van der Waals surface area contributed by atoms with Crippen LogP contribution in [0.1, 0.15) is 16.7 Å². The summed E-state index contributed by atoms with van der Waals surface area (Å²) in [4.78, 5) is 0. The lowest BCUT2D eigenvalue weighted by Crippen LogP contribution is -2.23. The van der Waals surface area contributed by atoms with Crippen molar-refractivity contribution < 1.29 is 49.0 Å². The summed E-state index contributed by atoms with van der Waals surface area (Å²) in [5, 5.41) is 0. The summed E-state index contributed by atoms with van der Waals surface area (Å²) >= 11 is 0. The van der Waals surface area contributed by atoms with Crippen molar-refractivity contribution >= 4 is 0 Å². The fourth-order valence-electron chi connectivity index (χ4n) is 4.31. The Labute approximate surface area is 244 Å². The van der Waals surface area contributed by atoms with E-state index in [2.05, 4.69) is 4.74 Å². The average molecular weight is 618 g/mol. The highest BCUT2D eigenvalue weighted by atomic mass is 19.3. The Kier molecular flexibility index (Phi) is 8.07. The molecular weight excluding hydrogens is 599 g/mol. The first kappa shape index (κ1) is 30.5. The maximum atomic E-state index is 15.1. The van der Waals surface area contributed by atoms with Crippen molar-refractivity contribution in [2.75, 3.05) is 0 Å². The molecule has 2 nitrogen and oxygen atoms in total. The minimum Gasteiger partial charge on any atom is -0.429 e. The molecule has 0 atom stereocenters. The normalized spacial score (nSPS) is 11.9. The fourth-order valence-corrected chi connectivity index (χ4v) is 4.31. The van der Waals surface area contributed by atoms with Gasteiger partial charge in [0.05, 0.1) is 11.1 Å². The third-order valence-electron chi connectivity index (χ3n) is 6.59. The van der Waals surface area contributed by atoms with Crippen LogP contribution in [-0.4, -0.2) is 0 Å². The predicted molar refractivity (Wildman–Crippen MR) is 144 cm³/mol. The molecule has 0 bridgehead atoms. The monoisotopic (exact) mass is 618 g/mol. The molecule has 0 heterocycles. The second-order valence-corrected chi connectivity index (χ2v) is 9.72. The van der Waals surface area contributed by atoms with Gasteiger partial charge in [-0.2, -0.15) is 17.6 Å². The van der Waals surface area contributed by atoms with Gasteiger partial charge in [0.25, 0.3) is 0 Å². The largest absolute Gasteiger partial charge is 0.429 e. The molecule has 0 N–H and O–H groups in total. The standard InChI is InChI=1S/C33H19F9O2/c1-18-2-8-22(9-3-18)32(39,40)43-23-10-4-19(5-11-23)20-6-12-25(27(34)14-20)21-7-13-26(28(35)15-21)33(41,42)44-24-16-29(36)31(38)30(37)17-24/h2-17H,1H3. The third kappa shape index (κ3) is 6.36. The van der Waals surface area contributed by atoms with Gasteiger partial charge < -0.3 is 9.47 Å². The van der Waals surface area contributed by atoms with E-state index in [1.165, 1.54) is 60.7 Å². The second kappa shape index (κ2) is 11.6. The molecule has 0 spiro atoms. The Balaban J connectivity index is 1.32. The van der Waals surface area contributed by atoms with E-state index >= 15 is 4.39 Å². The van der Waals surface area contributed by atoms with Gasteiger partial charge in [0.15, 0.2) is 17.5 Å². The molecule has 11 heteroatoms. The summed E-state index contributed by atoms with van der Waals surface area (Å²) in [6, 6.07) is 17.4. The molecular formula is C33H19F9O2. The van der Waals surface area contributed by atoms with Gasteiger partial charge >= 0.3 is 12.2 Å². The maximum Gasteiger partial charge on any atom is 0.429 e. The van der Waals surface area contributed by atoms with E-state index < -0.39 is 52.6 Å². The first-order valence-corrected chi connectivity index (χ1v) is 12.8. The van der Waals surface area contributed by atoms with Crippen molar-refractivity contribution in [1.29, 1.82) is 0 Å². The van der Waals surface area contributed by atoms with Gasteiger partial charge in [-0.25, -0.2) is 22.0 Å². The minimum absolute atomic E-state index is 0.118. The average Bonchev–Trinajstić information content (AvgIpc) is 2.96. The van der Waals surface area contributed by atoms with Crippen LogP contribution < -0.4 is 9.47 Å². The Morgan fingerprint density at radius 1 is 0.477 bits per heavy atom. The molecule has 0 amide bonds. The summed E-state index contributed by atoms with van der Waals surface area (Å²) in [5.74, 6) is -9.05. The zero-order chi connectivity index (χ0) is 31.8. The molecule has 0 unspecified atom stereocenters. The first-order chi connectivity index (χ1) is 20.7. The van der Waals surface area contributed by atoms with Gasteiger partial charge in [0, 0.05) is 17.7 Å². The van der Waals surface area contributed by atoms with Crippen LogP contribution in [0.3, 0.4) is 0 Å². The van der Waals surface area contributed by atoms with Crippen LogP contribution in [0.15, 0.2) is 97.1 Å². The number of aryl methyl sites for hydroxylation is 1. The topological polar surface area (TPSA) is 18.5 Å². The predicted octanol–water partition coefficient (Wildman–Crippen LogP) is 10.3. The van der Waals surface area contributed by atoms with Crippen LogP contribution in [0.25, 0.3) is 22.3 Å². The molecule has 0 aliphatic rings. The van der Waals surface area contributed by atoms with E-state index in [1.54, 1.807) is 6.92 Å². The smallest absolute Gasteiger partial charge is 0.429 e. The molecule has 0 radical (unpaired) electrons. The molecule has 226 valence electrons. The number of halogens is 9. The summed E-state index contributed by atoms with van der Waals surface area (Å²) in [6.45, 7) is 1.76. The Bertz CT molecular complexity index is 1800. The lowest BCUT2D eigenvalue weighted by atomic mass is 9.98. The number of rotatable bonds is 8. The lowest BCUT2D eigenvalue weighted by molar-refractivity contribution is -0.187. The quantitative estimate of drug-likeness (QED) is 0.127. The number of hydrogen-bond donors (Lipinski definition) is 0. The van der Waals surface area contributed by atoms with E-state index in [9.17, 15) is 35.1 Å². The zero-order valence-corrected chi connectivity index (χ0v) is 22.5. The number of benzene rings is 5. The van der Waals surface area contributed by atoms with Crippen molar-refractivity contribution in [3.63, 3.8) is 0 Å².